The predicted molar refractivity (Wildman–Crippen MR) is 215 cm³/mol. The molecule has 1 saturated carbocycles. The van der Waals surface area contributed by atoms with E-state index in [0.717, 1.165) is 54.5 Å². The number of aromatic hydroxyl groups is 1. The lowest BCUT2D eigenvalue weighted by molar-refractivity contribution is 0.00274. The van der Waals surface area contributed by atoms with E-state index in [1.807, 2.05) is 30.5 Å². The van der Waals surface area contributed by atoms with Gasteiger partial charge in [0.05, 0.1) is 20.3 Å². The number of hydrogen-bond donors (Lipinski definition) is 3. The molecule has 1 aliphatic heterocycles. The monoisotopic (exact) mass is 723 g/mol. The van der Waals surface area contributed by atoms with Crippen molar-refractivity contribution in [2.24, 2.45) is 5.92 Å². The third-order valence-corrected chi connectivity index (χ3v) is 11.3. The molecule has 2 aliphatic carbocycles. The Kier molecular flexibility index (Phi) is 14.5. The summed E-state index contributed by atoms with van der Waals surface area (Å²) in [5.41, 5.74) is 5.65. The molecule has 9 heteroatoms. The van der Waals surface area contributed by atoms with Gasteiger partial charge in [-0.05, 0) is 137 Å². The van der Waals surface area contributed by atoms with E-state index in [-0.39, 0.29) is 5.75 Å². The number of phenolic OH excluding ortho intramolecular Hbond substituents is 1. The van der Waals surface area contributed by atoms with Gasteiger partial charge in [0.15, 0.2) is 0 Å². The number of likely N-dealkylation sites (N-methyl/N-ethyl adjacent to an activating group) is 3. The molecule has 4 atom stereocenters. The average Bonchev–Trinajstić information content (AvgIpc) is 3.19. The smallest absolute Gasteiger partial charge is 0.128 e. The van der Waals surface area contributed by atoms with Gasteiger partial charge in [-0.2, -0.15) is 0 Å². The summed E-state index contributed by atoms with van der Waals surface area (Å²) in [4.78, 5) is 11.6. The Balaban J connectivity index is 0.000000159. The molecular weight excluding hydrogens is 663 g/mol. The van der Waals surface area contributed by atoms with Crippen LogP contribution in [-0.2, 0) is 18.4 Å². The van der Waals surface area contributed by atoms with Crippen molar-refractivity contribution in [3.63, 3.8) is 0 Å². The number of phenols is 1. The topological polar surface area (TPSA) is 93.6 Å². The molecule has 3 aromatic carbocycles. The summed E-state index contributed by atoms with van der Waals surface area (Å²) in [5, 5.41) is 21.4. The number of rotatable bonds is 11. The number of aliphatic hydroxyl groups is 1. The third-order valence-electron chi connectivity index (χ3n) is 11.3. The highest BCUT2D eigenvalue weighted by molar-refractivity contribution is 5.46. The minimum Gasteiger partial charge on any atom is -0.508 e. The van der Waals surface area contributed by atoms with Gasteiger partial charge in [0, 0.05) is 43.8 Å². The zero-order chi connectivity index (χ0) is 37.8. The second-order valence-corrected chi connectivity index (χ2v) is 15.0. The zero-order valence-electron chi connectivity index (χ0n) is 32.7. The number of nitrogens with zero attached hydrogens (tertiary/aromatic N) is 4. The summed E-state index contributed by atoms with van der Waals surface area (Å²) in [6.07, 6.45) is 9.51. The highest BCUT2D eigenvalue weighted by Crippen LogP contribution is 2.55. The van der Waals surface area contributed by atoms with Crippen LogP contribution in [-0.4, -0.2) is 99.6 Å². The number of methoxy groups -OCH3 is 2. The molecule has 3 N–H and O–H groups in total. The average molecular weight is 724 g/mol. The second-order valence-electron chi connectivity index (χ2n) is 15.0. The highest BCUT2D eigenvalue weighted by Gasteiger charge is 2.53. The number of pyridine rings is 1. The van der Waals surface area contributed by atoms with Crippen LogP contribution in [0.3, 0.4) is 0 Å². The quantitative estimate of drug-likeness (QED) is 0.157. The first-order valence-electron chi connectivity index (χ1n) is 19.1. The Hall–Kier alpha value is -4.15. The number of benzene rings is 3. The van der Waals surface area contributed by atoms with Crippen molar-refractivity contribution in [3.8, 4) is 17.2 Å². The van der Waals surface area contributed by atoms with Crippen LogP contribution < -0.4 is 19.7 Å². The van der Waals surface area contributed by atoms with Gasteiger partial charge in [0.1, 0.15) is 23.1 Å². The number of hydrogen-bond acceptors (Lipinski definition) is 9. The fourth-order valence-corrected chi connectivity index (χ4v) is 8.43. The maximum atomic E-state index is 9.47. The van der Waals surface area contributed by atoms with E-state index in [1.165, 1.54) is 50.6 Å². The van der Waals surface area contributed by atoms with Crippen LogP contribution >= 0.6 is 0 Å². The van der Waals surface area contributed by atoms with E-state index in [9.17, 15) is 5.11 Å². The zero-order valence-corrected chi connectivity index (χ0v) is 32.7. The maximum Gasteiger partial charge on any atom is 0.128 e. The van der Waals surface area contributed by atoms with Crippen LogP contribution in [0, 0.1) is 5.92 Å². The number of nitrogens with one attached hydrogen (secondary N) is 1. The van der Waals surface area contributed by atoms with Gasteiger partial charge >= 0.3 is 0 Å². The highest BCUT2D eigenvalue weighted by atomic mass is 16.5. The molecule has 0 radical (unpaired) electrons. The minimum atomic E-state index is -0.554. The van der Waals surface area contributed by atoms with Crippen LogP contribution in [0.1, 0.15) is 60.5 Å². The van der Waals surface area contributed by atoms with Crippen LogP contribution in [0.5, 0.6) is 17.2 Å². The van der Waals surface area contributed by atoms with Crippen LogP contribution in [0.25, 0.3) is 0 Å². The van der Waals surface area contributed by atoms with Gasteiger partial charge in [0.25, 0.3) is 0 Å². The summed E-state index contributed by atoms with van der Waals surface area (Å²) in [6, 6.07) is 28.5. The van der Waals surface area contributed by atoms with Crippen molar-refractivity contribution in [2.75, 3.05) is 73.5 Å². The Labute approximate surface area is 317 Å². The Morgan fingerprint density at radius 3 is 2.38 bits per heavy atom. The number of aromatic nitrogens is 1. The molecule has 2 heterocycles. The normalized spacial score (nSPS) is 20.8. The summed E-state index contributed by atoms with van der Waals surface area (Å²) in [5.74, 6) is 3.99. The van der Waals surface area contributed by atoms with Crippen molar-refractivity contribution in [2.45, 2.75) is 62.6 Å². The fourth-order valence-electron chi connectivity index (χ4n) is 8.43. The Morgan fingerprint density at radius 2 is 1.70 bits per heavy atom. The largest absolute Gasteiger partial charge is 0.508 e. The summed E-state index contributed by atoms with van der Waals surface area (Å²) < 4.78 is 10.7. The lowest BCUT2D eigenvalue weighted by atomic mass is 9.52. The number of likely N-dealkylation sites (tertiary alicyclic amines) is 1. The molecule has 2 fully saturated rings. The summed E-state index contributed by atoms with van der Waals surface area (Å²) in [6.45, 7) is 4.53. The number of ether oxygens (including phenoxy) is 2. The molecule has 7 rings (SSSR count). The standard InChI is InChI=1S/C18H25NO.C17H23N3O.C9H13NO2/c1-19-10-9-18-8-4-3-5-15(18)17(19)11-13-6-7-14(20-2)12-16(13)18;1-19(2)12-13-20(17-6-4-5-11-18-17)14-15-7-9-16(21-3)10-8-15;1-10-6-9(12)7-3-2-4-8(11)5-7/h6-7,12,15,17H,3-5,8-11H2,1-2H3;4-11H,12-14H2,1-3H3;2-5,9-12H,6H2,1H3/t15-,17+,18+;;9-/m1.0/s1. The predicted octanol–water partition coefficient (Wildman–Crippen LogP) is 6.69. The molecule has 1 aromatic heterocycles. The van der Waals surface area contributed by atoms with Crippen LogP contribution in [0.15, 0.2) is 91.1 Å². The van der Waals surface area contributed by atoms with E-state index in [2.05, 4.69) is 82.5 Å². The lowest BCUT2D eigenvalue weighted by Gasteiger charge is -2.58. The van der Waals surface area contributed by atoms with Crippen molar-refractivity contribution in [3.05, 3.63) is 113 Å². The molecule has 4 aromatic rings. The molecule has 3 aliphatic rings. The van der Waals surface area contributed by atoms with Crippen LogP contribution in [0.4, 0.5) is 5.82 Å². The van der Waals surface area contributed by atoms with E-state index in [4.69, 9.17) is 14.6 Å². The first-order valence-corrected chi connectivity index (χ1v) is 19.1. The van der Waals surface area contributed by atoms with Crippen molar-refractivity contribution >= 4 is 5.82 Å². The molecule has 0 unspecified atom stereocenters. The Morgan fingerprint density at radius 1 is 0.925 bits per heavy atom. The number of aliphatic hydroxyl groups excluding tert-OH is 1. The molecule has 0 spiro atoms. The first-order chi connectivity index (χ1) is 25.7. The fraction of sp³-hybridized carbons (Fsp3) is 0.477. The van der Waals surface area contributed by atoms with Crippen LogP contribution in [0.2, 0.25) is 0 Å². The first kappa shape index (κ1) is 40.0. The van der Waals surface area contributed by atoms with Crippen molar-refractivity contribution in [1.82, 2.24) is 20.1 Å². The Bertz CT molecular complexity index is 1690. The van der Waals surface area contributed by atoms with Gasteiger partial charge in [-0.1, -0.05) is 49.2 Å². The van der Waals surface area contributed by atoms with Gasteiger partial charge in [-0.25, -0.2) is 4.98 Å². The van der Waals surface area contributed by atoms with E-state index in [0.29, 0.717) is 12.0 Å². The molecule has 0 amide bonds. The van der Waals surface area contributed by atoms with Gasteiger partial charge in [0.2, 0.25) is 0 Å². The van der Waals surface area contributed by atoms with Gasteiger partial charge in [-0.15, -0.1) is 0 Å². The molecule has 286 valence electrons. The maximum absolute atomic E-state index is 9.47. The minimum absolute atomic E-state index is 0.183. The molecule has 1 saturated heterocycles. The molecule has 2 bridgehead atoms. The number of anilines is 1. The second kappa shape index (κ2) is 19.3. The summed E-state index contributed by atoms with van der Waals surface area (Å²) in [7, 11) is 11.8. The third kappa shape index (κ3) is 10.3. The van der Waals surface area contributed by atoms with Gasteiger partial charge < -0.3 is 39.7 Å². The molecule has 9 nitrogen and oxygen atoms in total. The SMILES string of the molecule is CNC[C@H](O)c1cccc(O)c1.COc1ccc(CN(CCN(C)C)c2ccccn2)cc1.COc1ccc2c(c1)[C@]13CCCC[C@@H]1[C@H](C2)N(C)CC3. The molecular formula is C44H61N5O4. The van der Waals surface area contributed by atoms with Gasteiger partial charge in [-0.3, -0.25) is 0 Å². The number of piperidine rings is 1. The van der Waals surface area contributed by atoms with Crippen molar-refractivity contribution in [1.29, 1.82) is 0 Å². The molecule has 53 heavy (non-hydrogen) atoms. The summed E-state index contributed by atoms with van der Waals surface area (Å²) >= 11 is 0. The van der Waals surface area contributed by atoms with E-state index >= 15 is 0 Å². The van der Waals surface area contributed by atoms with E-state index < -0.39 is 6.10 Å². The number of fused-ring (bicyclic) bond motifs is 1. The van der Waals surface area contributed by atoms with E-state index in [1.54, 1.807) is 56.7 Å². The van der Waals surface area contributed by atoms with Crippen molar-refractivity contribution < 1.29 is 19.7 Å². The lowest BCUT2D eigenvalue weighted by Crippen LogP contribution is -2.59.